The molecule has 1 aliphatic heterocycles. The van der Waals surface area contributed by atoms with Crippen molar-refractivity contribution in [1.82, 2.24) is 5.32 Å². The minimum atomic E-state index is -0.145. The summed E-state index contributed by atoms with van der Waals surface area (Å²) in [6.07, 6.45) is 0.894. The quantitative estimate of drug-likeness (QED) is 0.575. The largest absolute Gasteiger partial charge is 0.493 e. The van der Waals surface area contributed by atoms with Crippen LogP contribution in [0.5, 0.6) is 17.2 Å². The molecule has 0 aliphatic carbocycles. The second kappa shape index (κ2) is 9.83. The van der Waals surface area contributed by atoms with Crippen LogP contribution in [-0.2, 0) is 6.42 Å². The fourth-order valence-corrected chi connectivity index (χ4v) is 3.46. The smallest absolute Gasteiger partial charge is 0.255 e. The molecule has 0 saturated heterocycles. The Morgan fingerprint density at radius 3 is 2.53 bits per heavy atom. The van der Waals surface area contributed by atoms with Crippen molar-refractivity contribution in [1.29, 1.82) is 0 Å². The van der Waals surface area contributed by atoms with Gasteiger partial charge in [0.15, 0.2) is 0 Å². The van der Waals surface area contributed by atoms with Crippen LogP contribution in [0.15, 0.2) is 78.9 Å². The number of hydrogen-bond donors (Lipinski definition) is 1. The predicted molar refractivity (Wildman–Crippen MR) is 115 cm³/mol. The Kier molecular flexibility index (Phi) is 6.50. The Morgan fingerprint density at radius 2 is 1.63 bits per heavy atom. The molecule has 0 fully saturated rings. The Labute approximate surface area is 176 Å². The van der Waals surface area contributed by atoms with Crippen molar-refractivity contribution in [3.63, 3.8) is 0 Å². The van der Waals surface area contributed by atoms with Gasteiger partial charge in [0.1, 0.15) is 30.5 Å². The van der Waals surface area contributed by atoms with Crippen molar-refractivity contribution in [3.8, 4) is 17.2 Å². The zero-order chi connectivity index (χ0) is 20.6. The number of para-hydroxylation sites is 3. The Balaban J connectivity index is 1.28. The number of hydrogen-bond acceptors (Lipinski definition) is 4. The number of carbonyl (C=O) groups is 1. The average molecular weight is 403 g/mol. The van der Waals surface area contributed by atoms with E-state index in [4.69, 9.17) is 14.2 Å². The van der Waals surface area contributed by atoms with Gasteiger partial charge in [-0.25, -0.2) is 0 Å². The molecule has 0 aromatic heterocycles. The highest BCUT2D eigenvalue weighted by Gasteiger charge is 2.21. The molecule has 4 rings (SSSR count). The van der Waals surface area contributed by atoms with E-state index in [0.717, 1.165) is 17.9 Å². The zero-order valence-electron chi connectivity index (χ0n) is 16.8. The van der Waals surface area contributed by atoms with Crippen LogP contribution in [0, 0.1) is 5.92 Å². The van der Waals surface area contributed by atoms with Gasteiger partial charge in [-0.15, -0.1) is 0 Å². The third-order valence-corrected chi connectivity index (χ3v) is 4.99. The molecule has 154 valence electrons. The Bertz CT molecular complexity index is 974. The molecule has 0 radical (unpaired) electrons. The highest BCUT2D eigenvalue weighted by atomic mass is 16.5. The van der Waals surface area contributed by atoms with E-state index in [1.807, 2.05) is 60.7 Å². The molecule has 3 aromatic carbocycles. The number of rotatable bonds is 8. The maximum absolute atomic E-state index is 12.7. The van der Waals surface area contributed by atoms with Crippen molar-refractivity contribution in [2.24, 2.45) is 5.92 Å². The minimum absolute atomic E-state index is 0.145. The second-order valence-corrected chi connectivity index (χ2v) is 7.21. The molecule has 0 spiro atoms. The molecule has 1 atom stereocenters. The number of fused-ring (bicyclic) bond motifs is 1. The van der Waals surface area contributed by atoms with Gasteiger partial charge in [0.2, 0.25) is 0 Å². The fraction of sp³-hybridized carbons (Fsp3) is 0.240. The molecule has 5 heteroatoms. The predicted octanol–water partition coefficient (Wildman–Crippen LogP) is 4.13. The third-order valence-electron chi connectivity index (χ3n) is 4.99. The van der Waals surface area contributed by atoms with Gasteiger partial charge in [0.05, 0.1) is 12.2 Å². The Morgan fingerprint density at radius 1 is 0.900 bits per heavy atom. The molecule has 1 N–H and O–H groups in total. The molecule has 1 unspecified atom stereocenters. The van der Waals surface area contributed by atoms with E-state index >= 15 is 0 Å². The zero-order valence-corrected chi connectivity index (χ0v) is 16.8. The maximum Gasteiger partial charge on any atom is 0.255 e. The van der Waals surface area contributed by atoms with Gasteiger partial charge in [0.25, 0.3) is 5.91 Å². The van der Waals surface area contributed by atoms with Crippen LogP contribution in [0.2, 0.25) is 0 Å². The summed E-state index contributed by atoms with van der Waals surface area (Å²) in [5.74, 6) is 2.39. The number of nitrogens with one attached hydrogen (secondary N) is 1. The van der Waals surface area contributed by atoms with Gasteiger partial charge in [-0.2, -0.15) is 0 Å². The van der Waals surface area contributed by atoms with Gasteiger partial charge in [-0.1, -0.05) is 48.5 Å². The first-order chi connectivity index (χ1) is 14.8. The number of benzene rings is 3. The fourth-order valence-electron chi connectivity index (χ4n) is 3.46. The number of amides is 1. The SMILES string of the molecule is O=C(NCC1COc2ccccc2C1)c1ccccc1OCCOc1ccccc1. The summed E-state index contributed by atoms with van der Waals surface area (Å²) >= 11 is 0. The van der Waals surface area contributed by atoms with Crippen LogP contribution < -0.4 is 19.5 Å². The first-order valence-electron chi connectivity index (χ1n) is 10.2. The summed E-state index contributed by atoms with van der Waals surface area (Å²) < 4.78 is 17.3. The van der Waals surface area contributed by atoms with Gasteiger partial charge >= 0.3 is 0 Å². The molecule has 0 bridgehead atoms. The molecular weight excluding hydrogens is 378 g/mol. The lowest BCUT2D eigenvalue weighted by Gasteiger charge is -2.25. The van der Waals surface area contributed by atoms with Gasteiger partial charge in [-0.05, 0) is 42.3 Å². The van der Waals surface area contributed by atoms with Gasteiger partial charge < -0.3 is 19.5 Å². The highest BCUT2D eigenvalue weighted by Crippen LogP contribution is 2.26. The van der Waals surface area contributed by atoms with E-state index in [9.17, 15) is 4.79 Å². The lowest BCUT2D eigenvalue weighted by molar-refractivity contribution is 0.0934. The standard InChI is InChI=1S/C25H25NO4/c27-25(26-17-19-16-20-8-4-6-12-23(20)30-18-19)22-11-5-7-13-24(22)29-15-14-28-21-9-2-1-3-10-21/h1-13,19H,14-18H2,(H,26,27). The maximum atomic E-state index is 12.7. The molecular formula is C25H25NO4. The van der Waals surface area contributed by atoms with Crippen LogP contribution in [0.1, 0.15) is 15.9 Å². The molecule has 30 heavy (non-hydrogen) atoms. The summed E-state index contributed by atoms with van der Waals surface area (Å²) in [7, 11) is 0. The summed E-state index contributed by atoms with van der Waals surface area (Å²) in [6, 6.07) is 24.9. The van der Waals surface area contributed by atoms with Crippen LogP contribution >= 0.6 is 0 Å². The van der Waals surface area contributed by atoms with E-state index in [0.29, 0.717) is 37.7 Å². The average Bonchev–Trinajstić information content (AvgIpc) is 2.81. The van der Waals surface area contributed by atoms with Crippen molar-refractivity contribution in [3.05, 3.63) is 90.0 Å². The third kappa shape index (κ3) is 5.11. The molecule has 1 aliphatic rings. The van der Waals surface area contributed by atoms with E-state index in [1.165, 1.54) is 5.56 Å². The van der Waals surface area contributed by atoms with E-state index < -0.39 is 0 Å². The van der Waals surface area contributed by atoms with Crippen molar-refractivity contribution < 1.29 is 19.0 Å². The van der Waals surface area contributed by atoms with Crippen molar-refractivity contribution in [2.45, 2.75) is 6.42 Å². The summed E-state index contributed by atoms with van der Waals surface area (Å²) in [4.78, 5) is 12.7. The highest BCUT2D eigenvalue weighted by molar-refractivity contribution is 5.96. The van der Waals surface area contributed by atoms with Gasteiger partial charge in [0, 0.05) is 12.5 Å². The van der Waals surface area contributed by atoms with Crippen LogP contribution in [0.3, 0.4) is 0 Å². The van der Waals surface area contributed by atoms with Crippen LogP contribution in [-0.4, -0.2) is 32.3 Å². The monoisotopic (exact) mass is 403 g/mol. The summed E-state index contributed by atoms with van der Waals surface area (Å²) in [5, 5.41) is 3.03. The molecule has 5 nitrogen and oxygen atoms in total. The van der Waals surface area contributed by atoms with Crippen LogP contribution in [0.25, 0.3) is 0 Å². The molecule has 0 saturated carbocycles. The molecule has 3 aromatic rings. The van der Waals surface area contributed by atoms with Gasteiger partial charge in [-0.3, -0.25) is 4.79 Å². The molecule has 1 heterocycles. The summed E-state index contributed by atoms with van der Waals surface area (Å²) in [6.45, 7) is 1.91. The van der Waals surface area contributed by atoms with Crippen molar-refractivity contribution in [2.75, 3.05) is 26.4 Å². The number of ether oxygens (including phenoxy) is 3. The second-order valence-electron chi connectivity index (χ2n) is 7.21. The number of carbonyl (C=O) groups excluding carboxylic acids is 1. The minimum Gasteiger partial charge on any atom is -0.493 e. The topological polar surface area (TPSA) is 56.8 Å². The first-order valence-corrected chi connectivity index (χ1v) is 10.2. The summed E-state index contributed by atoms with van der Waals surface area (Å²) in [5.41, 5.74) is 1.71. The van der Waals surface area contributed by atoms with Crippen LogP contribution in [0.4, 0.5) is 0 Å². The lowest BCUT2D eigenvalue weighted by atomic mass is 9.96. The van der Waals surface area contributed by atoms with E-state index in [-0.39, 0.29) is 11.8 Å². The molecule has 1 amide bonds. The Hall–Kier alpha value is -3.47. The van der Waals surface area contributed by atoms with Crippen molar-refractivity contribution >= 4 is 5.91 Å². The first kappa shape index (κ1) is 19.8. The van der Waals surface area contributed by atoms with E-state index in [1.54, 1.807) is 12.1 Å². The van der Waals surface area contributed by atoms with E-state index in [2.05, 4.69) is 11.4 Å². The lowest BCUT2D eigenvalue weighted by Crippen LogP contribution is -2.35. The normalized spacial score (nSPS) is 14.9.